The summed E-state index contributed by atoms with van der Waals surface area (Å²) in [7, 11) is 1.81. The summed E-state index contributed by atoms with van der Waals surface area (Å²) in [5, 5.41) is 4.06. The third kappa shape index (κ3) is 2.14. The molecule has 0 aliphatic rings. The van der Waals surface area contributed by atoms with Gasteiger partial charge in [0.25, 0.3) is 5.91 Å². The highest BCUT2D eigenvalue weighted by Crippen LogP contribution is 2.18. The Kier molecular flexibility index (Phi) is 3.47. The molecule has 2 aromatic rings. The van der Waals surface area contributed by atoms with Crippen LogP contribution in [0.15, 0.2) is 29.1 Å². The number of carbonyl (C=O) groups excluding carboxylic acids is 1. The zero-order valence-electron chi connectivity index (χ0n) is 10.5. The van der Waals surface area contributed by atoms with Crippen molar-refractivity contribution in [2.45, 2.75) is 13.5 Å². The third-order valence-corrected chi connectivity index (χ3v) is 2.73. The van der Waals surface area contributed by atoms with Crippen molar-refractivity contribution in [3.05, 3.63) is 36.0 Å². The highest BCUT2D eigenvalue weighted by Gasteiger charge is 2.22. The van der Waals surface area contributed by atoms with Crippen molar-refractivity contribution in [2.24, 2.45) is 12.8 Å². The predicted octanol–water partition coefficient (Wildman–Crippen LogP) is 1.14. The molecule has 1 amide bonds. The Bertz CT molecular complexity index is 544. The molecule has 2 N–H and O–H groups in total. The minimum atomic E-state index is -0.198. The zero-order valence-corrected chi connectivity index (χ0v) is 10.5. The van der Waals surface area contributed by atoms with Crippen LogP contribution in [0.5, 0.6) is 0 Å². The van der Waals surface area contributed by atoms with Gasteiger partial charge in [0.1, 0.15) is 0 Å². The van der Waals surface area contributed by atoms with Gasteiger partial charge in [-0.15, -0.1) is 0 Å². The van der Waals surface area contributed by atoms with Crippen LogP contribution in [0, 0.1) is 0 Å². The largest absolute Gasteiger partial charge is 0.459 e. The fraction of sp³-hybridized carbons (Fsp3) is 0.333. The van der Waals surface area contributed by atoms with E-state index in [4.69, 9.17) is 10.2 Å². The molecule has 0 radical (unpaired) electrons. The first-order valence-corrected chi connectivity index (χ1v) is 5.74. The summed E-state index contributed by atoms with van der Waals surface area (Å²) >= 11 is 0. The topological polar surface area (TPSA) is 77.3 Å². The lowest BCUT2D eigenvalue weighted by Crippen LogP contribution is -2.30. The van der Waals surface area contributed by atoms with Crippen molar-refractivity contribution in [1.82, 2.24) is 9.78 Å². The maximum atomic E-state index is 12.4. The number of carbonyl (C=O) groups is 1. The molecule has 0 unspecified atom stereocenters. The van der Waals surface area contributed by atoms with E-state index < -0.39 is 0 Å². The molecule has 0 saturated carbocycles. The van der Waals surface area contributed by atoms with Crippen LogP contribution in [0.3, 0.4) is 0 Å². The van der Waals surface area contributed by atoms with E-state index in [2.05, 4.69) is 5.10 Å². The molecule has 0 spiro atoms. The van der Waals surface area contributed by atoms with Gasteiger partial charge in [0.15, 0.2) is 5.76 Å². The van der Waals surface area contributed by atoms with Crippen LogP contribution in [-0.4, -0.2) is 22.2 Å². The predicted molar refractivity (Wildman–Crippen MR) is 67.2 cm³/mol. The average molecular weight is 248 g/mol. The van der Waals surface area contributed by atoms with Crippen molar-refractivity contribution >= 4 is 11.6 Å². The smallest absolute Gasteiger partial charge is 0.294 e. The van der Waals surface area contributed by atoms with E-state index in [1.807, 2.05) is 6.92 Å². The second-order valence-corrected chi connectivity index (χ2v) is 3.90. The summed E-state index contributed by atoms with van der Waals surface area (Å²) in [6, 6.07) is 1.71. The summed E-state index contributed by atoms with van der Waals surface area (Å²) in [6.45, 7) is 2.72. The molecule has 6 nitrogen and oxygen atoms in total. The number of rotatable bonds is 4. The molecule has 0 aromatic carbocycles. The van der Waals surface area contributed by atoms with E-state index >= 15 is 0 Å². The van der Waals surface area contributed by atoms with Gasteiger partial charge < -0.3 is 15.1 Å². The lowest BCUT2D eigenvalue weighted by atomic mass is 10.2. The van der Waals surface area contributed by atoms with Gasteiger partial charge in [-0.25, -0.2) is 0 Å². The number of hydrogen-bond acceptors (Lipinski definition) is 4. The molecule has 0 aliphatic heterocycles. The van der Waals surface area contributed by atoms with Gasteiger partial charge in [0, 0.05) is 31.9 Å². The van der Waals surface area contributed by atoms with Crippen LogP contribution in [-0.2, 0) is 13.6 Å². The Hall–Kier alpha value is -2.08. The van der Waals surface area contributed by atoms with E-state index in [1.165, 1.54) is 6.26 Å². The molecule has 2 aromatic heterocycles. The molecule has 2 rings (SSSR count). The average Bonchev–Trinajstić information content (AvgIpc) is 2.98. The van der Waals surface area contributed by atoms with E-state index in [9.17, 15) is 4.79 Å². The molecular formula is C12H16N4O2. The number of furan rings is 1. The van der Waals surface area contributed by atoms with Gasteiger partial charge in [0.05, 0.1) is 18.1 Å². The van der Waals surface area contributed by atoms with Gasteiger partial charge in [-0.05, 0) is 13.0 Å². The standard InChI is InChI=1S/C12H16N4O2/c1-3-16(10-7-14-15(2)8-10)12(17)11-9(6-13)4-5-18-11/h4-5,7-8H,3,6,13H2,1-2H3. The minimum absolute atomic E-state index is 0.198. The molecule has 0 atom stereocenters. The first kappa shape index (κ1) is 12.4. The van der Waals surface area contributed by atoms with E-state index in [0.29, 0.717) is 17.9 Å². The number of hydrogen-bond donors (Lipinski definition) is 1. The summed E-state index contributed by atoms with van der Waals surface area (Å²) in [6.07, 6.45) is 4.91. The fourth-order valence-electron chi connectivity index (χ4n) is 1.80. The number of amides is 1. The van der Waals surface area contributed by atoms with Crippen molar-refractivity contribution in [1.29, 1.82) is 0 Å². The summed E-state index contributed by atoms with van der Waals surface area (Å²) in [5.74, 6) is 0.0964. The van der Waals surface area contributed by atoms with Crippen LogP contribution in [0.25, 0.3) is 0 Å². The van der Waals surface area contributed by atoms with Crippen LogP contribution >= 0.6 is 0 Å². The Morgan fingerprint density at radius 2 is 2.39 bits per heavy atom. The van der Waals surface area contributed by atoms with Crippen molar-refractivity contribution in [3.8, 4) is 0 Å². The molecular weight excluding hydrogens is 232 g/mol. The normalized spacial score (nSPS) is 10.6. The zero-order chi connectivity index (χ0) is 13.1. The lowest BCUT2D eigenvalue weighted by Gasteiger charge is -2.17. The Morgan fingerprint density at radius 1 is 1.61 bits per heavy atom. The van der Waals surface area contributed by atoms with Crippen molar-refractivity contribution in [3.63, 3.8) is 0 Å². The van der Waals surface area contributed by atoms with Crippen LogP contribution in [0.4, 0.5) is 5.69 Å². The Labute approximate surface area is 105 Å². The number of nitrogens with zero attached hydrogens (tertiary/aromatic N) is 3. The molecule has 18 heavy (non-hydrogen) atoms. The van der Waals surface area contributed by atoms with Gasteiger partial charge in [-0.2, -0.15) is 5.10 Å². The number of nitrogens with two attached hydrogens (primary N) is 1. The summed E-state index contributed by atoms with van der Waals surface area (Å²) in [5.41, 5.74) is 7.02. The second kappa shape index (κ2) is 5.05. The summed E-state index contributed by atoms with van der Waals surface area (Å²) in [4.78, 5) is 14.0. The highest BCUT2D eigenvalue weighted by atomic mass is 16.3. The maximum absolute atomic E-state index is 12.4. The monoisotopic (exact) mass is 248 g/mol. The van der Waals surface area contributed by atoms with E-state index in [0.717, 1.165) is 5.69 Å². The summed E-state index contributed by atoms with van der Waals surface area (Å²) < 4.78 is 6.88. The minimum Gasteiger partial charge on any atom is -0.459 e. The van der Waals surface area contributed by atoms with Crippen LogP contribution in [0.2, 0.25) is 0 Å². The maximum Gasteiger partial charge on any atom is 0.294 e. The van der Waals surface area contributed by atoms with Gasteiger partial charge in [-0.1, -0.05) is 0 Å². The molecule has 0 fully saturated rings. The van der Waals surface area contributed by atoms with Gasteiger partial charge >= 0.3 is 0 Å². The Balaban J connectivity index is 2.31. The van der Waals surface area contributed by atoms with Gasteiger partial charge in [0.2, 0.25) is 0 Å². The van der Waals surface area contributed by atoms with E-state index in [-0.39, 0.29) is 12.5 Å². The third-order valence-electron chi connectivity index (χ3n) is 2.73. The molecule has 96 valence electrons. The first-order valence-electron chi connectivity index (χ1n) is 5.74. The quantitative estimate of drug-likeness (QED) is 0.880. The first-order chi connectivity index (χ1) is 8.67. The fourth-order valence-corrected chi connectivity index (χ4v) is 1.80. The lowest BCUT2D eigenvalue weighted by molar-refractivity contribution is 0.0960. The number of aromatic nitrogens is 2. The second-order valence-electron chi connectivity index (χ2n) is 3.90. The molecule has 0 aliphatic carbocycles. The van der Waals surface area contributed by atoms with Gasteiger partial charge in [-0.3, -0.25) is 9.48 Å². The van der Waals surface area contributed by atoms with Crippen LogP contribution in [0.1, 0.15) is 23.0 Å². The molecule has 2 heterocycles. The molecule has 6 heteroatoms. The number of anilines is 1. The van der Waals surface area contributed by atoms with Crippen molar-refractivity contribution < 1.29 is 9.21 Å². The van der Waals surface area contributed by atoms with Crippen LogP contribution < -0.4 is 10.6 Å². The SMILES string of the molecule is CCN(C(=O)c1occc1CN)c1cnn(C)c1. The molecule has 0 saturated heterocycles. The van der Waals surface area contributed by atoms with Crippen molar-refractivity contribution in [2.75, 3.05) is 11.4 Å². The molecule has 0 bridgehead atoms. The number of aryl methyl sites for hydroxylation is 1. The van der Waals surface area contributed by atoms with E-state index in [1.54, 1.807) is 35.1 Å². The Morgan fingerprint density at radius 3 is 2.94 bits per heavy atom. The highest BCUT2D eigenvalue weighted by molar-refractivity contribution is 6.04.